The molecule has 0 spiro atoms. The third-order valence-electron chi connectivity index (χ3n) is 4.92. The van der Waals surface area contributed by atoms with Crippen molar-refractivity contribution >= 4 is 6.09 Å². The molecule has 2 aromatic heterocycles. The number of nitrogens with zero attached hydrogens (tertiary/aromatic N) is 4. The van der Waals surface area contributed by atoms with Gasteiger partial charge in [0.25, 0.3) is 0 Å². The van der Waals surface area contributed by atoms with E-state index in [2.05, 4.69) is 20.3 Å². The Morgan fingerprint density at radius 3 is 2.65 bits per heavy atom. The van der Waals surface area contributed by atoms with Gasteiger partial charge in [-0.25, -0.2) is 14.5 Å². The van der Waals surface area contributed by atoms with Gasteiger partial charge in [0.15, 0.2) is 17.3 Å². The van der Waals surface area contributed by atoms with Crippen molar-refractivity contribution in [3.63, 3.8) is 0 Å². The molecule has 1 N–H and O–H groups in total. The number of amides is 1. The maximum Gasteiger partial charge on any atom is 0.437 e. The summed E-state index contributed by atoms with van der Waals surface area (Å²) < 4.78 is 46.5. The van der Waals surface area contributed by atoms with Crippen molar-refractivity contribution in [1.82, 2.24) is 25.0 Å². The van der Waals surface area contributed by atoms with Gasteiger partial charge in [-0.05, 0) is 24.1 Å². The van der Waals surface area contributed by atoms with Crippen LogP contribution in [0.3, 0.4) is 0 Å². The van der Waals surface area contributed by atoms with Crippen LogP contribution in [0.25, 0.3) is 5.82 Å². The fourth-order valence-electron chi connectivity index (χ4n) is 3.55. The number of nitrogens with one attached hydrogen (secondary N) is 1. The van der Waals surface area contributed by atoms with Crippen LogP contribution in [0.4, 0.5) is 18.0 Å². The van der Waals surface area contributed by atoms with Gasteiger partial charge in [0.2, 0.25) is 0 Å². The van der Waals surface area contributed by atoms with Gasteiger partial charge >= 0.3 is 12.3 Å². The van der Waals surface area contributed by atoms with Crippen molar-refractivity contribution in [2.45, 2.75) is 25.2 Å². The summed E-state index contributed by atoms with van der Waals surface area (Å²) in [6, 6.07) is 14.2. The Balaban J connectivity index is 1.40. The minimum absolute atomic E-state index is 0.0302. The Hall–Kier alpha value is -3.40. The second-order valence-electron chi connectivity index (χ2n) is 7.20. The molecule has 3 heterocycles. The minimum Gasteiger partial charge on any atom is -0.406 e. The summed E-state index contributed by atoms with van der Waals surface area (Å²) >= 11 is 0. The lowest BCUT2D eigenvalue weighted by Gasteiger charge is -2.17. The van der Waals surface area contributed by atoms with Gasteiger partial charge in [0.1, 0.15) is 0 Å². The molecular weight excluding hydrogens is 411 g/mol. The first-order valence-corrected chi connectivity index (χ1v) is 9.71. The number of hydrogen-bond acceptors (Lipinski definition) is 5. The van der Waals surface area contributed by atoms with Crippen molar-refractivity contribution in [3.8, 4) is 11.6 Å². The van der Waals surface area contributed by atoms with E-state index in [9.17, 15) is 18.0 Å². The summed E-state index contributed by atoms with van der Waals surface area (Å²) in [6.07, 6.45) is -2.83. The number of rotatable bonds is 5. The monoisotopic (exact) mass is 431 g/mol. The molecule has 162 valence electrons. The smallest absolute Gasteiger partial charge is 0.406 e. The molecule has 1 saturated heterocycles. The normalized spacial score (nSPS) is 16.9. The first-order chi connectivity index (χ1) is 14.9. The molecule has 1 fully saturated rings. The molecule has 1 atom stereocenters. The zero-order valence-corrected chi connectivity index (χ0v) is 16.4. The molecule has 4 rings (SSSR count). The maximum atomic E-state index is 13.6. The Labute approximate surface area is 176 Å². The van der Waals surface area contributed by atoms with Crippen molar-refractivity contribution in [2.24, 2.45) is 0 Å². The maximum absolute atomic E-state index is 13.6. The van der Waals surface area contributed by atoms with E-state index in [-0.39, 0.29) is 11.9 Å². The van der Waals surface area contributed by atoms with Crippen molar-refractivity contribution in [1.29, 1.82) is 0 Å². The van der Waals surface area contributed by atoms with Crippen LogP contribution in [0.1, 0.15) is 17.7 Å². The zero-order valence-electron chi connectivity index (χ0n) is 16.4. The fourth-order valence-corrected chi connectivity index (χ4v) is 3.55. The number of halogens is 3. The number of likely N-dealkylation sites (tertiary alicyclic amines) is 1. The summed E-state index contributed by atoms with van der Waals surface area (Å²) in [4.78, 5) is 18.3. The molecule has 0 saturated carbocycles. The molecule has 0 radical (unpaired) electrons. The number of benzene rings is 1. The highest BCUT2D eigenvalue weighted by atomic mass is 19.4. The lowest BCUT2D eigenvalue weighted by atomic mass is 10.2. The van der Waals surface area contributed by atoms with Gasteiger partial charge in [0, 0.05) is 31.9 Å². The highest BCUT2D eigenvalue weighted by Crippen LogP contribution is 2.37. The standard InChI is InChI=1S/C21H20F3N5O2/c22-21(23,24)19-17(12-26-29(19)18-8-4-5-10-25-18)31-20(30)27-16-9-11-28(14-16)13-15-6-2-1-3-7-15/h1-8,10,12,16H,9,11,13-14H2,(H,27,30). The second kappa shape index (κ2) is 8.76. The Morgan fingerprint density at radius 1 is 1.16 bits per heavy atom. The summed E-state index contributed by atoms with van der Waals surface area (Å²) in [6.45, 7) is 2.09. The lowest BCUT2D eigenvalue weighted by Crippen LogP contribution is -2.38. The summed E-state index contributed by atoms with van der Waals surface area (Å²) in [5.41, 5.74) is -0.0408. The molecule has 0 bridgehead atoms. The van der Waals surface area contributed by atoms with Crippen LogP contribution in [0, 0.1) is 0 Å². The molecule has 1 amide bonds. The average Bonchev–Trinajstić information content (AvgIpc) is 3.36. The van der Waals surface area contributed by atoms with Gasteiger partial charge in [-0.2, -0.15) is 18.3 Å². The zero-order chi connectivity index (χ0) is 21.8. The van der Waals surface area contributed by atoms with Gasteiger partial charge < -0.3 is 10.1 Å². The molecule has 10 heteroatoms. The summed E-state index contributed by atoms with van der Waals surface area (Å²) in [7, 11) is 0. The molecule has 1 unspecified atom stereocenters. The fraction of sp³-hybridized carbons (Fsp3) is 0.286. The predicted molar refractivity (Wildman–Crippen MR) is 106 cm³/mol. The summed E-state index contributed by atoms with van der Waals surface area (Å²) in [5, 5.41) is 6.37. The van der Waals surface area contributed by atoms with Crippen molar-refractivity contribution in [2.75, 3.05) is 13.1 Å². The van der Waals surface area contributed by atoms with Crippen molar-refractivity contribution < 1.29 is 22.7 Å². The van der Waals surface area contributed by atoms with Gasteiger partial charge in [0.05, 0.1) is 6.20 Å². The quantitative estimate of drug-likeness (QED) is 0.668. The van der Waals surface area contributed by atoms with Gasteiger partial charge in [-0.3, -0.25) is 4.90 Å². The van der Waals surface area contributed by atoms with Gasteiger partial charge in [-0.15, -0.1) is 0 Å². The molecule has 1 aliphatic rings. The van der Waals surface area contributed by atoms with Crippen LogP contribution >= 0.6 is 0 Å². The SMILES string of the molecule is O=C(NC1CCN(Cc2ccccc2)C1)Oc1cnn(-c2ccccn2)c1C(F)(F)F. The lowest BCUT2D eigenvalue weighted by molar-refractivity contribution is -0.143. The number of alkyl halides is 3. The van der Waals surface area contributed by atoms with E-state index in [0.29, 0.717) is 17.6 Å². The molecule has 1 aromatic carbocycles. The third kappa shape index (κ3) is 5.02. The Bertz CT molecular complexity index is 1020. The van der Waals surface area contributed by atoms with E-state index in [1.54, 1.807) is 12.1 Å². The van der Waals surface area contributed by atoms with E-state index in [1.807, 2.05) is 30.3 Å². The Kier molecular flexibility index (Phi) is 5.90. The van der Waals surface area contributed by atoms with Crippen molar-refractivity contribution in [3.05, 3.63) is 72.2 Å². The molecule has 7 nitrogen and oxygen atoms in total. The van der Waals surface area contributed by atoms with E-state index >= 15 is 0 Å². The molecule has 3 aromatic rings. The topological polar surface area (TPSA) is 72.3 Å². The number of aromatic nitrogens is 3. The van der Waals surface area contributed by atoms with Crippen LogP contribution < -0.4 is 10.1 Å². The van der Waals surface area contributed by atoms with Crippen LogP contribution in [0.2, 0.25) is 0 Å². The number of carbonyl (C=O) groups is 1. The highest BCUT2D eigenvalue weighted by Gasteiger charge is 2.41. The minimum atomic E-state index is -4.79. The Morgan fingerprint density at radius 2 is 1.94 bits per heavy atom. The number of pyridine rings is 1. The first-order valence-electron chi connectivity index (χ1n) is 9.71. The van der Waals surface area contributed by atoms with Gasteiger partial charge in [-0.1, -0.05) is 36.4 Å². The molecule has 1 aliphatic heterocycles. The second-order valence-corrected chi connectivity index (χ2v) is 7.20. The van der Waals surface area contributed by atoms with Crippen LogP contribution in [0.15, 0.2) is 60.9 Å². The average molecular weight is 431 g/mol. The first kappa shape index (κ1) is 20.9. The van der Waals surface area contributed by atoms with E-state index < -0.39 is 23.7 Å². The number of carbonyl (C=O) groups excluding carboxylic acids is 1. The molecule has 0 aliphatic carbocycles. The predicted octanol–water partition coefficient (Wildman–Crippen LogP) is 3.65. The highest BCUT2D eigenvalue weighted by molar-refractivity contribution is 5.71. The molecular formula is C21H20F3N5O2. The van der Waals surface area contributed by atoms with E-state index in [1.165, 1.54) is 12.3 Å². The van der Waals surface area contributed by atoms with E-state index in [4.69, 9.17) is 4.74 Å². The summed E-state index contributed by atoms with van der Waals surface area (Å²) in [5.74, 6) is -0.702. The van der Waals surface area contributed by atoms with Crippen LogP contribution in [0.5, 0.6) is 5.75 Å². The third-order valence-corrected chi connectivity index (χ3v) is 4.92. The van der Waals surface area contributed by atoms with Crippen LogP contribution in [-0.4, -0.2) is 44.9 Å². The number of hydrogen-bond donors (Lipinski definition) is 1. The number of ether oxygens (including phenoxy) is 1. The molecule has 31 heavy (non-hydrogen) atoms. The largest absolute Gasteiger partial charge is 0.437 e. The van der Waals surface area contributed by atoms with Crippen LogP contribution in [-0.2, 0) is 12.7 Å². The van der Waals surface area contributed by atoms with E-state index in [0.717, 1.165) is 24.8 Å².